The molecular formula is C39H30N4. The molecule has 0 N–H and O–H groups in total. The Hall–Kier alpha value is -5.74. The molecule has 0 atom stereocenters. The number of hydrogen-bond donors (Lipinski definition) is 0. The van der Waals surface area contributed by atoms with Crippen LogP contribution in [0.1, 0.15) is 23.6 Å². The van der Waals surface area contributed by atoms with E-state index in [9.17, 15) is 0 Å². The summed E-state index contributed by atoms with van der Waals surface area (Å²) >= 11 is 0. The fraction of sp³-hybridized carbons (Fsp3) is 0.0256. The number of nitrogens with zero attached hydrogens (tertiary/aromatic N) is 4. The minimum atomic E-state index is 0.909. The highest BCUT2D eigenvalue weighted by Gasteiger charge is 2.10. The summed E-state index contributed by atoms with van der Waals surface area (Å²) in [6.45, 7) is 6.58. The third-order valence-corrected chi connectivity index (χ3v) is 7.30. The number of allylic oxidation sites excluding steroid dienone is 5. The number of hydrogen-bond acceptors (Lipinski definition) is 4. The Balaban J connectivity index is 1.41. The summed E-state index contributed by atoms with van der Waals surface area (Å²) in [5, 5.41) is 0. The van der Waals surface area contributed by atoms with Crippen LogP contribution in [0.25, 0.3) is 50.1 Å². The van der Waals surface area contributed by atoms with Gasteiger partial charge in [0.2, 0.25) is 0 Å². The van der Waals surface area contributed by atoms with E-state index in [1.807, 2.05) is 49.1 Å². The van der Waals surface area contributed by atoms with Gasteiger partial charge in [0, 0.05) is 66.3 Å². The van der Waals surface area contributed by atoms with Crippen molar-refractivity contribution in [2.75, 3.05) is 0 Å². The highest BCUT2D eigenvalue weighted by Crippen LogP contribution is 2.34. The second kappa shape index (κ2) is 12.8. The average Bonchev–Trinajstić information content (AvgIpc) is 3.09. The molecule has 0 unspecified atom stereocenters. The van der Waals surface area contributed by atoms with Crippen molar-refractivity contribution in [3.05, 3.63) is 176 Å². The van der Waals surface area contributed by atoms with Crippen molar-refractivity contribution in [2.45, 2.75) is 6.92 Å². The van der Waals surface area contributed by atoms with Gasteiger partial charge in [-0.1, -0.05) is 55.1 Å². The number of pyridine rings is 4. The minimum Gasteiger partial charge on any atom is -0.264 e. The maximum Gasteiger partial charge on any atom is 0.0346 e. The Labute approximate surface area is 252 Å². The van der Waals surface area contributed by atoms with Gasteiger partial charge in [-0.3, -0.25) is 19.9 Å². The number of benzene rings is 2. The molecule has 4 heteroatoms. The SMILES string of the molecule is C=C(/C=C(\C=C(/C)c1cccnc1)c1cccnc1)c1cccc(-c2cc(-c3cccnc3)cc(-c3cccnc3)c2)c1. The molecule has 0 fully saturated rings. The highest BCUT2D eigenvalue weighted by atomic mass is 14.6. The molecule has 0 aliphatic rings. The lowest BCUT2D eigenvalue weighted by atomic mass is 9.92. The van der Waals surface area contributed by atoms with Crippen LogP contribution in [-0.2, 0) is 0 Å². The summed E-state index contributed by atoms with van der Waals surface area (Å²) in [5.74, 6) is 0. The molecule has 0 aliphatic heterocycles. The van der Waals surface area contributed by atoms with Crippen LogP contribution < -0.4 is 0 Å². The maximum atomic E-state index is 4.48. The largest absolute Gasteiger partial charge is 0.264 e. The van der Waals surface area contributed by atoms with Crippen LogP contribution in [0.3, 0.4) is 0 Å². The van der Waals surface area contributed by atoms with Crippen molar-refractivity contribution < 1.29 is 0 Å². The molecule has 0 saturated heterocycles. The molecule has 0 bridgehead atoms. The van der Waals surface area contributed by atoms with Crippen LogP contribution in [0.15, 0.2) is 159 Å². The standard InChI is InChI=1S/C39H30N4/c1-28(18-36(33-11-5-15-41-25-33)19-29(2)32-10-4-14-40-24-32)30-8-3-9-31(20-30)37-21-38(34-12-6-16-42-26-34)23-39(22-37)35-13-7-17-43-27-35/h3-27H,1H2,2H3/b29-19+,36-18+. The Morgan fingerprint density at radius 2 is 0.977 bits per heavy atom. The van der Waals surface area contributed by atoms with Gasteiger partial charge in [-0.2, -0.15) is 0 Å². The zero-order valence-corrected chi connectivity index (χ0v) is 23.9. The molecule has 0 amide bonds. The Bertz CT molecular complexity index is 1850. The Kier molecular flexibility index (Phi) is 8.19. The molecule has 0 radical (unpaired) electrons. The van der Waals surface area contributed by atoms with E-state index in [1.165, 1.54) is 0 Å². The smallest absolute Gasteiger partial charge is 0.0346 e. The lowest BCUT2D eigenvalue weighted by Crippen LogP contribution is -1.90. The molecule has 0 saturated carbocycles. The van der Waals surface area contributed by atoms with E-state index in [0.29, 0.717) is 0 Å². The molecule has 0 spiro atoms. The molecule has 4 aromatic heterocycles. The molecular weight excluding hydrogens is 524 g/mol. The van der Waals surface area contributed by atoms with E-state index in [2.05, 4.69) is 112 Å². The third kappa shape index (κ3) is 6.61. The van der Waals surface area contributed by atoms with Crippen molar-refractivity contribution in [3.8, 4) is 33.4 Å². The average molecular weight is 555 g/mol. The van der Waals surface area contributed by atoms with Crippen LogP contribution in [0.4, 0.5) is 0 Å². The van der Waals surface area contributed by atoms with Gasteiger partial charge in [-0.05, 0) is 112 Å². The van der Waals surface area contributed by atoms with Gasteiger partial charge in [0.1, 0.15) is 0 Å². The highest BCUT2D eigenvalue weighted by molar-refractivity contribution is 5.91. The van der Waals surface area contributed by atoms with Gasteiger partial charge in [-0.25, -0.2) is 0 Å². The molecule has 43 heavy (non-hydrogen) atoms. The lowest BCUT2D eigenvalue weighted by Gasteiger charge is -2.12. The van der Waals surface area contributed by atoms with Crippen LogP contribution in [-0.4, -0.2) is 19.9 Å². The third-order valence-electron chi connectivity index (χ3n) is 7.30. The molecule has 4 heterocycles. The first-order valence-electron chi connectivity index (χ1n) is 14.1. The predicted molar refractivity (Wildman–Crippen MR) is 177 cm³/mol. The Morgan fingerprint density at radius 3 is 1.51 bits per heavy atom. The first kappa shape index (κ1) is 27.4. The van der Waals surface area contributed by atoms with Gasteiger partial charge in [0.25, 0.3) is 0 Å². The molecule has 2 aromatic carbocycles. The van der Waals surface area contributed by atoms with E-state index >= 15 is 0 Å². The topological polar surface area (TPSA) is 51.6 Å². The van der Waals surface area contributed by atoms with Gasteiger partial charge < -0.3 is 0 Å². The second-order valence-electron chi connectivity index (χ2n) is 10.3. The zero-order valence-electron chi connectivity index (χ0n) is 23.9. The second-order valence-corrected chi connectivity index (χ2v) is 10.3. The van der Waals surface area contributed by atoms with E-state index in [0.717, 1.165) is 66.8 Å². The van der Waals surface area contributed by atoms with Crippen molar-refractivity contribution in [1.82, 2.24) is 19.9 Å². The summed E-state index contributed by atoms with van der Waals surface area (Å²) in [6.07, 6.45) is 19.0. The van der Waals surface area contributed by atoms with Crippen LogP contribution in [0, 0.1) is 0 Å². The summed E-state index contributed by atoms with van der Waals surface area (Å²) in [4.78, 5) is 17.4. The lowest BCUT2D eigenvalue weighted by molar-refractivity contribution is 1.30. The summed E-state index contributed by atoms with van der Waals surface area (Å²) in [6, 6.07) is 31.3. The molecule has 4 nitrogen and oxygen atoms in total. The van der Waals surface area contributed by atoms with Crippen LogP contribution in [0.5, 0.6) is 0 Å². The number of aromatic nitrogens is 4. The van der Waals surface area contributed by atoms with E-state index in [1.54, 1.807) is 24.8 Å². The first-order valence-corrected chi connectivity index (χ1v) is 14.1. The summed E-state index contributed by atoms with van der Waals surface area (Å²) in [7, 11) is 0. The van der Waals surface area contributed by atoms with Gasteiger partial charge in [0.05, 0.1) is 0 Å². The molecule has 6 rings (SSSR count). The minimum absolute atomic E-state index is 0.909. The fourth-order valence-corrected chi connectivity index (χ4v) is 5.02. The quantitative estimate of drug-likeness (QED) is 0.176. The fourth-order valence-electron chi connectivity index (χ4n) is 5.02. The summed E-state index contributed by atoms with van der Waals surface area (Å²) in [5.41, 5.74) is 12.7. The monoisotopic (exact) mass is 554 g/mol. The van der Waals surface area contributed by atoms with E-state index in [-0.39, 0.29) is 0 Å². The van der Waals surface area contributed by atoms with E-state index in [4.69, 9.17) is 0 Å². The molecule has 0 aliphatic carbocycles. The normalized spacial score (nSPS) is 11.7. The van der Waals surface area contributed by atoms with Crippen molar-refractivity contribution in [1.29, 1.82) is 0 Å². The first-order chi connectivity index (χ1) is 21.1. The number of rotatable bonds is 8. The van der Waals surface area contributed by atoms with Crippen LogP contribution in [0.2, 0.25) is 0 Å². The molecule has 206 valence electrons. The Morgan fingerprint density at radius 1 is 0.488 bits per heavy atom. The van der Waals surface area contributed by atoms with Crippen molar-refractivity contribution >= 4 is 16.7 Å². The van der Waals surface area contributed by atoms with E-state index < -0.39 is 0 Å². The van der Waals surface area contributed by atoms with Gasteiger partial charge >= 0.3 is 0 Å². The van der Waals surface area contributed by atoms with Crippen LogP contribution >= 0.6 is 0 Å². The van der Waals surface area contributed by atoms with Crippen molar-refractivity contribution in [3.63, 3.8) is 0 Å². The van der Waals surface area contributed by atoms with Crippen molar-refractivity contribution in [2.24, 2.45) is 0 Å². The summed E-state index contributed by atoms with van der Waals surface area (Å²) < 4.78 is 0. The zero-order chi connectivity index (χ0) is 29.4. The van der Waals surface area contributed by atoms with Gasteiger partial charge in [-0.15, -0.1) is 0 Å². The van der Waals surface area contributed by atoms with Gasteiger partial charge in [0.15, 0.2) is 0 Å². The maximum absolute atomic E-state index is 4.48. The molecule has 6 aromatic rings. The predicted octanol–water partition coefficient (Wildman–Crippen LogP) is 9.47.